The molecule has 0 aliphatic heterocycles. The van der Waals surface area contributed by atoms with Gasteiger partial charge in [-0.1, -0.05) is 17.9 Å². The van der Waals surface area contributed by atoms with Crippen LogP contribution in [0, 0.1) is 17.7 Å². The van der Waals surface area contributed by atoms with E-state index in [9.17, 15) is 4.39 Å². The van der Waals surface area contributed by atoms with Gasteiger partial charge in [-0.3, -0.25) is 4.90 Å². The summed E-state index contributed by atoms with van der Waals surface area (Å²) in [7, 11) is 2.03. The van der Waals surface area contributed by atoms with Gasteiger partial charge < -0.3 is 5.11 Å². The van der Waals surface area contributed by atoms with Crippen molar-refractivity contribution in [2.45, 2.75) is 32.9 Å². The first-order valence-electron chi connectivity index (χ1n) is 6.13. The van der Waals surface area contributed by atoms with Crippen molar-refractivity contribution in [3.8, 4) is 11.8 Å². The molecule has 1 aromatic rings. The molecule has 2 nitrogen and oxygen atoms in total. The maximum atomic E-state index is 13.2. The van der Waals surface area contributed by atoms with Crippen LogP contribution in [0.25, 0.3) is 0 Å². The highest BCUT2D eigenvalue weighted by molar-refractivity contribution is 5.41. The van der Waals surface area contributed by atoms with Crippen molar-refractivity contribution in [3.05, 3.63) is 35.1 Å². The van der Waals surface area contributed by atoms with Crippen molar-refractivity contribution in [1.82, 2.24) is 4.90 Å². The van der Waals surface area contributed by atoms with E-state index in [2.05, 4.69) is 30.6 Å². The number of nitrogens with zero attached hydrogens (tertiary/aromatic N) is 1. The summed E-state index contributed by atoms with van der Waals surface area (Å²) >= 11 is 0. The summed E-state index contributed by atoms with van der Waals surface area (Å²) in [5, 5.41) is 8.70. The van der Waals surface area contributed by atoms with Crippen LogP contribution in [0.2, 0.25) is 0 Å². The highest BCUT2D eigenvalue weighted by Crippen LogP contribution is 2.13. The minimum Gasteiger partial charge on any atom is -0.395 e. The van der Waals surface area contributed by atoms with E-state index in [1.54, 1.807) is 6.07 Å². The van der Waals surface area contributed by atoms with Gasteiger partial charge in [0.1, 0.15) is 5.82 Å². The molecule has 0 unspecified atom stereocenters. The van der Waals surface area contributed by atoms with Crippen LogP contribution < -0.4 is 0 Å². The van der Waals surface area contributed by atoms with Gasteiger partial charge in [0.15, 0.2) is 0 Å². The minimum absolute atomic E-state index is 0.0313. The normalized spacial score (nSPS) is 10.6. The van der Waals surface area contributed by atoms with Crippen LogP contribution in [0.15, 0.2) is 18.2 Å². The van der Waals surface area contributed by atoms with Crippen LogP contribution in [0.5, 0.6) is 0 Å². The smallest absolute Gasteiger partial charge is 0.124 e. The third-order valence-corrected chi connectivity index (χ3v) is 2.83. The van der Waals surface area contributed by atoms with Gasteiger partial charge in [0.2, 0.25) is 0 Å². The Kier molecular flexibility index (Phi) is 5.84. The lowest BCUT2D eigenvalue weighted by molar-refractivity contribution is 0.265. The fourth-order valence-electron chi connectivity index (χ4n) is 1.47. The molecule has 0 saturated heterocycles. The van der Waals surface area contributed by atoms with Crippen molar-refractivity contribution < 1.29 is 9.50 Å². The second kappa shape index (κ2) is 7.15. The number of aliphatic hydroxyl groups excluding tert-OH is 1. The number of halogens is 1. The van der Waals surface area contributed by atoms with Crippen LogP contribution in [0.1, 0.15) is 31.4 Å². The molecular weight excluding hydrogens is 229 g/mol. The zero-order valence-electron chi connectivity index (χ0n) is 11.2. The first-order chi connectivity index (χ1) is 8.54. The summed E-state index contributed by atoms with van der Waals surface area (Å²) in [6.07, 6.45) is 0.413. The summed E-state index contributed by atoms with van der Waals surface area (Å²) in [6.45, 7) is 4.99. The van der Waals surface area contributed by atoms with E-state index in [1.165, 1.54) is 12.1 Å². The standard InChI is InChI=1S/C15H20FNO/c1-12(2)17(3)11-14-7-8-15(16)10-13(14)6-4-5-9-18/h7-8,10,12,18H,5,9,11H2,1-3H3. The number of rotatable bonds is 4. The molecule has 1 rings (SSSR count). The van der Waals surface area contributed by atoms with Crippen LogP contribution in [0.3, 0.4) is 0 Å². The molecule has 0 amide bonds. The van der Waals surface area contributed by atoms with E-state index in [0.29, 0.717) is 18.0 Å². The molecule has 1 N–H and O–H groups in total. The third kappa shape index (κ3) is 4.48. The Balaban J connectivity index is 2.93. The van der Waals surface area contributed by atoms with Gasteiger partial charge >= 0.3 is 0 Å². The summed E-state index contributed by atoms with van der Waals surface area (Å²) in [6, 6.07) is 5.11. The minimum atomic E-state index is -0.278. The second-order valence-corrected chi connectivity index (χ2v) is 4.59. The molecule has 0 aromatic heterocycles. The van der Waals surface area contributed by atoms with E-state index < -0.39 is 0 Å². The van der Waals surface area contributed by atoms with Crippen LogP contribution in [-0.4, -0.2) is 29.7 Å². The maximum absolute atomic E-state index is 13.2. The summed E-state index contributed by atoms with van der Waals surface area (Å²) in [4.78, 5) is 2.17. The van der Waals surface area contributed by atoms with Crippen molar-refractivity contribution in [3.63, 3.8) is 0 Å². The van der Waals surface area contributed by atoms with E-state index in [-0.39, 0.29) is 12.4 Å². The summed E-state index contributed by atoms with van der Waals surface area (Å²) < 4.78 is 13.2. The van der Waals surface area contributed by atoms with Crippen LogP contribution in [0.4, 0.5) is 4.39 Å². The molecule has 0 atom stereocenters. The largest absolute Gasteiger partial charge is 0.395 e. The van der Waals surface area contributed by atoms with E-state index >= 15 is 0 Å². The highest BCUT2D eigenvalue weighted by Gasteiger charge is 2.08. The number of aliphatic hydroxyl groups is 1. The third-order valence-electron chi connectivity index (χ3n) is 2.83. The Morgan fingerprint density at radius 3 is 2.72 bits per heavy atom. The Bertz CT molecular complexity index is 446. The molecule has 0 aliphatic carbocycles. The molecular formula is C15H20FNO. The molecule has 98 valence electrons. The predicted molar refractivity (Wildman–Crippen MR) is 71.6 cm³/mol. The Morgan fingerprint density at radius 2 is 2.11 bits per heavy atom. The number of benzene rings is 1. The first-order valence-corrected chi connectivity index (χ1v) is 6.13. The van der Waals surface area contributed by atoms with Gasteiger partial charge in [-0.15, -0.1) is 0 Å². The predicted octanol–water partition coefficient (Wildman–Crippen LogP) is 2.40. The molecule has 0 heterocycles. The summed E-state index contributed by atoms with van der Waals surface area (Å²) in [5.41, 5.74) is 1.72. The lowest BCUT2D eigenvalue weighted by Crippen LogP contribution is -2.26. The van der Waals surface area contributed by atoms with Crippen molar-refractivity contribution in [2.24, 2.45) is 0 Å². The fourth-order valence-corrected chi connectivity index (χ4v) is 1.47. The van der Waals surface area contributed by atoms with Crippen molar-refractivity contribution in [1.29, 1.82) is 0 Å². The topological polar surface area (TPSA) is 23.5 Å². The van der Waals surface area contributed by atoms with Gasteiger partial charge in [-0.25, -0.2) is 4.39 Å². The molecule has 0 aliphatic rings. The van der Waals surface area contributed by atoms with Gasteiger partial charge in [0.05, 0.1) is 6.61 Å². The Labute approximate surface area is 108 Å². The van der Waals surface area contributed by atoms with Crippen LogP contribution in [-0.2, 0) is 6.54 Å². The van der Waals surface area contributed by atoms with E-state index in [1.807, 2.05) is 7.05 Å². The molecule has 18 heavy (non-hydrogen) atoms. The van der Waals surface area contributed by atoms with Crippen molar-refractivity contribution in [2.75, 3.05) is 13.7 Å². The lowest BCUT2D eigenvalue weighted by atomic mass is 10.1. The SMILES string of the molecule is CC(C)N(C)Cc1ccc(F)cc1C#CCCO. The average molecular weight is 249 g/mol. The molecule has 3 heteroatoms. The highest BCUT2D eigenvalue weighted by atomic mass is 19.1. The Hall–Kier alpha value is -1.37. The molecule has 1 aromatic carbocycles. The average Bonchev–Trinajstić information content (AvgIpc) is 2.32. The zero-order valence-corrected chi connectivity index (χ0v) is 11.2. The van der Waals surface area contributed by atoms with Gasteiger partial charge in [-0.05, 0) is 38.6 Å². The lowest BCUT2D eigenvalue weighted by Gasteiger charge is -2.21. The number of hydrogen-bond acceptors (Lipinski definition) is 2. The van der Waals surface area contributed by atoms with Crippen LogP contribution >= 0.6 is 0 Å². The summed E-state index contributed by atoms with van der Waals surface area (Å²) in [5.74, 6) is 5.48. The second-order valence-electron chi connectivity index (χ2n) is 4.59. The molecule has 0 bridgehead atoms. The molecule has 0 saturated carbocycles. The maximum Gasteiger partial charge on any atom is 0.124 e. The number of hydrogen-bond donors (Lipinski definition) is 1. The van der Waals surface area contributed by atoms with E-state index in [0.717, 1.165) is 12.1 Å². The van der Waals surface area contributed by atoms with Gasteiger partial charge in [0, 0.05) is 24.6 Å². The monoisotopic (exact) mass is 249 g/mol. The molecule has 0 radical (unpaired) electrons. The zero-order chi connectivity index (χ0) is 13.5. The molecule has 0 fully saturated rings. The van der Waals surface area contributed by atoms with E-state index in [4.69, 9.17) is 5.11 Å². The Morgan fingerprint density at radius 1 is 1.39 bits per heavy atom. The molecule has 0 spiro atoms. The fraction of sp³-hybridized carbons (Fsp3) is 0.467. The van der Waals surface area contributed by atoms with Gasteiger partial charge in [0.25, 0.3) is 0 Å². The first kappa shape index (κ1) is 14.7. The van der Waals surface area contributed by atoms with Gasteiger partial charge in [-0.2, -0.15) is 0 Å². The quantitative estimate of drug-likeness (QED) is 0.828. The van der Waals surface area contributed by atoms with Crippen molar-refractivity contribution >= 4 is 0 Å².